The number of aryl methyl sites for hydroxylation is 2. The van der Waals surface area contributed by atoms with E-state index in [1.54, 1.807) is 23.5 Å². The maximum atomic E-state index is 12.9. The highest BCUT2D eigenvalue weighted by molar-refractivity contribution is 7.09. The molecule has 5 heteroatoms. The van der Waals surface area contributed by atoms with Crippen LogP contribution in [0.3, 0.4) is 0 Å². The van der Waals surface area contributed by atoms with Crippen LogP contribution >= 0.6 is 11.3 Å². The Kier molecular flexibility index (Phi) is 8.24. The van der Waals surface area contributed by atoms with E-state index < -0.39 is 0 Å². The molecule has 0 aliphatic rings. The van der Waals surface area contributed by atoms with Crippen molar-refractivity contribution in [3.63, 3.8) is 0 Å². The van der Waals surface area contributed by atoms with Gasteiger partial charge in [-0.05, 0) is 56.5 Å². The maximum Gasteiger partial charge on any atom is 0.279 e. The lowest BCUT2D eigenvalue weighted by molar-refractivity contribution is 0.0998. The Balaban J connectivity index is 1.95. The van der Waals surface area contributed by atoms with Crippen molar-refractivity contribution in [3.05, 3.63) is 69.3 Å². The topological polar surface area (TPSA) is 43.6 Å². The van der Waals surface area contributed by atoms with Gasteiger partial charge in [0.15, 0.2) is 4.80 Å². The number of benzene rings is 2. The molecule has 0 aliphatic carbocycles. The monoisotopic (exact) mass is 436 g/mol. The number of nitrogens with zero attached hydrogens (tertiary/aromatic N) is 2. The molecule has 164 valence electrons. The smallest absolute Gasteiger partial charge is 0.279 e. The highest BCUT2D eigenvalue weighted by Crippen LogP contribution is 2.27. The molecule has 1 heterocycles. The number of rotatable bonds is 9. The van der Waals surface area contributed by atoms with Gasteiger partial charge >= 0.3 is 0 Å². The number of carbonyl (C=O) groups is 1. The number of hydrogen-bond donors (Lipinski definition) is 0. The van der Waals surface area contributed by atoms with Gasteiger partial charge in [0, 0.05) is 17.0 Å². The molecule has 4 nitrogen and oxygen atoms in total. The van der Waals surface area contributed by atoms with E-state index in [9.17, 15) is 4.79 Å². The first-order valence-corrected chi connectivity index (χ1v) is 12.0. The lowest BCUT2D eigenvalue weighted by atomic mass is 10.1. The zero-order valence-corrected chi connectivity index (χ0v) is 19.8. The number of hydrogen-bond acceptors (Lipinski definition) is 3. The number of carbonyl (C=O) groups excluding carboxylic acids is 1. The summed E-state index contributed by atoms with van der Waals surface area (Å²) in [5.74, 6) is 0.568. The van der Waals surface area contributed by atoms with Crippen LogP contribution in [0.4, 0.5) is 0 Å². The summed E-state index contributed by atoms with van der Waals surface area (Å²) in [6, 6.07) is 15.9. The number of amides is 1. The summed E-state index contributed by atoms with van der Waals surface area (Å²) in [4.78, 5) is 19.4. The summed E-state index contributed by atoms with van der Waals surface area (Å²) in [5, 5.41) is 0. The Bertz CT molecular complexity index is 1060. The van der Waals surface area contributed by atoms with Crippen molar-refractivity contribution in [2.45, 2.75) is 59.9 Å². The van der Waals surface area contributed by atoms with E-state index in [1.165, 1.54) is 21.7 Å². The molecule has 0 atom stereocenters. The van der Waals surface area contributed by atoms with Crippen LogP contribution in [-0.2, 0) is 13.0 Å². The maximum absolute atomic E-state index is 12.9. The molecule has 0 radical (unpaired) electrons. The van der Waals surface area contributed by atoms with Crippen LogP contribution < -0.4 is 9.54 Å². The first kappa shape index (κ1) is 23.0. The lowest BCUT2D eigenvalue weighted by Gasteiger charge is -2.09. The molecule has 1 amide bonds. The Morgan fingerprint density at radius 1 is 1.00 bits per heavy atom. The molecular formula is C26H32N2O2S. The highest BCUT2D eigenvalue weighted by atomic mass is 32.1. The molecule has 0 bridgehead atoms. The second-order valence-electron chi connectivity index (χ2n) is 7.66. The zero-order chi connectivity index (χ0) is 22.2. The van der Waals surface area contributed by atoms with Crippen LogP contribution in [0.25, 0.3) is 11.3 Å². The van der Waals surface area contributed by atoms with Crippen LogP contribution in [0, 0.1) is 6.92 Å². The fraction of sp³-hybridized carbons (Fsp3) is 0.385. The van der Waals surface area contributed by atoms with Crippen molar-refractivity contribution in [3.8, 4) is 17.0 Å². The van der Waals surface area contributed by atoms with Gasteiger partial charge < -0.3 is 9.30 Å². The summed E-state index contributed by atoms with van der Waals surface area (Å²) >= 11 is 1.62. The fourth-order valence-electron chi connectivity index (χ4n) is 3.44. The summed E-state index contributed by atoms with van der Waals surface area (Å²) in [7, 11) is 0. The molecule has 0 unspecified atom stereocenters. The summed E-state index contributed by atoms with van der Waals surface area (Å²) in [5.41, 5.74) is 4.17. The Morgan fingerprint density at radius 3 is 2.32 bits per heavy atom. The number of aromatic nitrogens is 1. The third kappa shape index (κ3) is 5.73. The van der Waals surface area contributed by atoms with Crippen LogP contribution in [0.5, 0.6) is 5.75 Å². The van der Waals surface area contributed by atoms with E-state index in [2.05, 4.69) is 61.5 Å². The lowest BCUT2D eigenvalue weighted by Crippen LogP contribution is -2.17. The zero-order valence-electron chi connectivity index (χ0n) is 19.0. The summed E-state index contributed by atoms with van der Waals surface area (Å²) in [6.45, 7) is 9.97. The van der Waals surface area contributed by atoms with Gasteiger partial charge in [-0.15, -0.1) is 11.3 Å². The van der Waals surface area contributed by atoms with E-state index >= 15 is 0 Å². The van der Waals surface area contributed by atoms with Crippen molar-refractivity contribution >= 4 is 17.2 Å². The first-order chi connectivity index (χ1) is 15.1. The van der Waals surface area contributed by atoms with Crippen LogP contribution in [0.2, 0.25) is 0 Å². The minimum Gasteiger partial charge on any atom is -0.494 e. The average Bonchev–Trinajstić information content (AvgIpc) is 3.12. The largest absolute Gasteiger partial charge is 0.494 e. The molecule has 0 spiro atoms. The second-order valence-corrected chi connectivity index (χ2v) is 8.72. The van der Waals surface area contributed by atoms with Crippen molar-refractivity contribution in [1.29, 1.82) is 0 Å². The molecular weight excluding hydrogens is 404 g/mol. The molecule has 0 saturated heterocycles. The van der Waals surface area contributed by atoms with E-state index in [1.807, 2.05) is 12.1 Å². The third-order valence-corrected chi connectivity index (χ3v) is 6.30. The minimum absolute atomic E-state index is 0.220. The van der Waals surface area contributed by atoms with E-state index in [0.717, 1.165) is 42.8 Å². The van der Waals surface area contributed by atoms with Gasteiger partial charge in [-0.3, -0.25) is 4.79 Å². The number of ether oxygens (including phenoxy) is 1. The number of thiazole rings is 1. The van der Waals surface area contributed by atoms with Gasteiger partial charge in [-0.1, -0.05) is 56.5 Å². The van der Waals surface area contributed by atoms with Crippen molar-refractivity contribution in [2.75, 3.05) is 6.61 Å². The molecule has 2 aromatic carbocycles. The molecule has 0 fully saturated rings. The third-order valence-electron chi connectivity index (χ3n) is 5.16. The van der Waals surface area contributed by atoms with Gasteiger partial charge in [0.05, 0.1) is 12.3 Å². The van der Waals surface area contributed by atoms with Crippen LogP contribution in [0.1, 0.15) is 60.8 Å². The van der Waals surface area contributed by atoms with Crippen molar-refractivity contribution in [1.82, 2.24) is 4.57 Å². The first-order valence-electron chi connectivity index (χ1n) is 11.2. The SMILES string of the molecule is CCCCOc1ccc(C(=O)N=c2sc(CCC)c(-c3ccc(C)cc3)n2CC)cc1. The molecule has 1 aromatic heterocycles. The van der Waals surface area contributed by atoms with Crippen LogP contribution in [-0.4, -0.2) is 17.1 Å². The summed E-state index contributed by atoms with van der Waals surface area (Å²) in [6.07, 6.45) is 4.14. The Labute approximate surface area is 189 Å². The number of unbranched alkanes of at least 4 members (excludes halogenated alkanes) is 1. The predicted molar refractivity (Wildman–Crippen MR) is 129 cm³/mol. The molecule has 3 aromatic rings. The van der Waals surface area contributed by atoms with Gasteiger partial charge in [0.1, 0.15) is 5.75 Å². The van der Waals surface area contributed by atoms with Gasteiger partial charge in [-0.2, -0.15) is 4.99 Å². The molecule has 31 heavy (non-hydrogen) atoms. The predicted octanol–water partition coefficient (Wildman–Crippen LogP) is 6.42. The molecule has 0 N–H and O–H groups in total. The van der Waals surface area contributed by atoms with Crippen molar-refractivity contribution in [2.24, 2.45) is 4.99 Å². The van der Waals surface area contributed by atoms with E-state index in [0.29, 0.717) is 12.2 Å². The quantitative estimate of drug-likeness (QED) is 0.363. The highest BCUT2D eigenvalue weighted by Gasteiger charge is 2.15. The molecule has 0 saturated carbocycles. The standard InChI is InChI=1S/C26H32N2O2S/c1-5-8-18-30-22-16-14-21(15-17-22)25(29)27-26-28(7-3)24(23(31-26)9-6-2)20-12-10-19(4)11-13-20/h10-17H,5-9,18H2,1-4H3. The molecule has 0 aliphatic heterocycles. The van der Waals surface area contributed by atoms with Gasteiger partial charge in [0.2, 0.25) is 0 Å². The fourth-order valence-corrected chi connectivity index (χ4v) is 4.75. The van der Waals surface area contributed by atoms with Gasteiger partial charge in [0.25, 0.3) is 5.91 Å². The average molecular weight is 437 g/mol. The van der Waals surface area contributed by atoms with Gasteiger partial charge in [-0.25, -0.2) is 0 Å². The molecule has 3 rings (SSSR count). The van der Waals surface area contributed by atoms with E-state index in [-0.39, 0.29) is 5.91 Å². The summed E-state index contributed by atoms with van der Waals surface area (Å²) < 4.78 is 7.86. The Morgan fingerprint density at radius 2 is 1.71 bits per heavy atom. The van der Waals surface area contributed by atoms with Crippen LogP contribution in [0.15, 0.2) is 53.5 Å². The second kappa shape index (κ2) is 11.1. The Hall–Kier alpha value is -2.66. The normalized spacial score (nSPS) is 11.7. The van der Waals surface area contributed by atoms with Crippen molar-refractivity contribution < 1.29 is 9.53 Å². The van der Waals surface area contributed by atoms with E-state index in [4.69, 9.17) is 4.74 Å². The minimum atomic E-state index is -0.220.